The van der Waals surface area contributed by atoms with Crippen molar-refractivity contribution in [2.45, 2.75) is 58.7 Å². The van der Waals surface area contributed by atoms with Gasteiger partial charge in [-0.05, 0) is 73.8 Å². The van der Waals surface area contributed by atoms with E-state index in [2.05, 4.69) is 39.6 Å². The molecule has 1 aliphatic heterocycles. The van der Waals surface area contributed by atoms with Gasteiger partial charge >= 0.3 is 6.09 Å². The Kier molecular flexibility index (Phi) is 6.51. The third-order valence-electron chi connectivity index (χ3n) is 4.09. The fourth-order valence-electron chi connectivity index (χ4n) is 2.78. The lowest BCUT2D eigenvalue weighted by atomic mass is 9.92. The van der Waals surface area contributed by atoms with Crippen molar-refractivity contribution >= 4 is 33.4 Å². The third-order valence-corrected chi connectivity index (χ3v) is 6.02. The van der Waals surface area contributed by atoms with E-state index in [1.165, 1.54) is 9.35 Å². The van der Waals surface area contributed by atoms with Gasteiger partial charge in [-0.2, -0.15) is 0 Å². The molecule has 0 bridgehead atoms. The van der Waals surface area contributed by atoms with Crippen LogP contribution >= 0.6 is 27.3 Å². The maximum absolute atomic E-state index is 12.2. The van der Waals surface area contributed by atoms with Crippen molar-refractivity contribution in [3.05, 3.63) is 20.8 Å². The van der Waals surface area contributed by atoms with Gasteiger partial charge in [0.1, 0.15) is 5.60 Å². The molecule has 0 aliphatic carbocycles. The lowest BCUT2D eigenvalue weighted by Gasteiger charge is -2.36. The fraction of sp³-hybridized carbons (Fsp3) is 0.706. The maximum Gasteiger partial charge on any atom is 0.410 e. The lowest BCUT2D eigenvalue weighted by Crippen LogP contribution is -2.47. The molecule has 0 aromatic carbocycles. The molecule has 0 spiro atoms. The number of piperidine rings is 1. The number of rotatable bonds is 4. The smallest absolute Gasteiger partial charge is 0.410 e. The number of thiophene rings is 1. The third kappa shape index (κ3) is 5.76. The Morgan fingerprint density at radius 3 is 2.91 bits per heavy atom. The van der Waals surface area contributed by atoms with Crippen molar-refractivity contribution in [1.29, 1.82) is 0 Å². The van der Waals surface area contributed by atoms with Crippen molar-refractivity contribution in [2.75, 3.05) is 13.1 Å². The zero-order valence-corrected chi connectivity index (χ0v) is 16.8. The number of halogens is 1. The molecule has 1 saturated heterocycles. The Hall–Kier alpha value is -0.590. The average Bonchev–Trinajstić information content (AvgIpc) is 2.88. The first-order chi connectivity index (χ1) is 10.8. The average molecular weight is 403 g/mol. The highest BCUT2D eigenvalue weighted by atomic mass is 79.9. The number of hydrogen-bond donors (Lipinski definition) is 1. The number of ether oxygens (including phenoxy) is 1. The van der Waals surface area contributed by atoms with Gasteiger partial charge in [-0.3, -0.25) is 0 Å². The van der Waals surface area contributed by atoms with E-state index in [0.717, 1.165) is 32.5 Å². The summed E-state index contributed by atoms with van der Waals surface area (Å²) in [5.41, 5.74) is -0.431. The van der Waals surface area contributed by atoms with Crippen LogP contribution in [0.1, 0.15) is 45.4 Å². The van der Waals surface area contributed by atoms with Crippen LogP contribution in [0.5, 0.6) is 0 Å². The van der Waals surface area contributed by atoms with Crippen molar-refractivity contribution in [3.8, 4) is 0 Å². The number of carbonyl (C=O) groups is 1. The van der Waals surface area contributed by atoms with Crippen LogP contribution < -0.4 is 5.32 Å². The Balaban J connectivity index is 1.85. The molecule has 4 nitrogen and oxygen atoms in total. The largest absolute Gasteiger partial charge is 0.444 e. The lowest BCUT2D eigenvalue weighted by molar-refractivity contribution is 0.0148. The van der Waals surface area contributed by atoms with Crippen LogP contribution in [0.3, 0.4) is 0 Å². The summed E-state index contributed by atoms with van der Waals surface area (Å²) < 4.78 is 6.67. The van der Waals surface area contributed by atoms with E-state index in [-0.39, 0.29) is 6.09 Å². The van der Waals surface area contributed by atoms with Gasteiger partial charge in [0.15, 0.2) is 0 Å². The molecule has 23 heavy (non-hydrogen) atoms. The molecule has 130 valence electrons. The van der Waals surface area contributed by atoms with Crippen LogP contribution in [0.15, 0.2) is 15.9 Å². The molecule has 2 unspecified atom stereocenters. The van der Waals surface area contributed by atoms with Gasteiger partial charge in [-0.1, -0.05) is 0 Å². The first kappa shape index (κ1) is 18.7. The SMILES string of the molecule is CC(NCc1sccc1Br)C1CCCN(C(=O)OC(C)(C)C)C1. The van der Waals surface area contributed by atoms with E-state index in [9.17, 15) is 4.79 Å². The summed E-state index contributed by atoms with van der Waals surface area (Å²) in [7, 11) is 0. The molecule has 1 fully saturated rings. The molecular formula is C17H27BrN2O2S. The highest BCUT2D eigenvalue weighted by Crippen LogP contribution is 2.25. The minimum absolute atomic E-state index is 0.185. The summed E-state index contributed by atoms with van der Waals surface area (Å²) in [5.74, 6) is 0.468. The maximum atomic E-state index is 12.2. The molecule has 6 heteroatoms. The second-order valence-electron chi connectivity index (χ2n) is 7.19. The highest BCUT2D eigenvalue weighted by Gasteiger charge is 2.30. The van der Waals surface area contributed by atoms with Gasteiger partial charge in [0.2, 0.25) is 0 Å². The summed E-state index contributed by atoms with van der Waals surface area (Å²) in [5, 5.41) is 5.70. The Bertz CT molecular complexity index is 527. The van der Waals surface area contributed by atoms with Crippen LogP contribution in [-0.4, -0.2) is 35.7 Å². The normalized spacial score (nSPS) is 20.4. The van der Waals surface area contributed by atoms with Crippen LogP contribution in [-0.2, 0) is 11.3 Å². The second kappa shape index (κ2) is 7.99. The van der Waals surface area contributed by atoms with E-state index < -0.39 is 5.60 Å². The second-order valence-corrected chi connectivity index (χ2v) is 9.04. The number of carbonyl (C=O) groups excluding carboxylic acids is 1. The van der Waals surface area contributed by atoms with Crippen molar-refractivity contribution in [3.63, 3.8) is 0 Å². The van der Waals surface area contributed by atoms with E-state index in [4.69, 9.17) is 4.74 Å². The van der Waals surface area contributed by atoms with Gasteiger partial charge in [-0.25, -0.2) is 4.79 Å². The van der Waals surface area contributed by atoms with E-state index in [0.29, 0.717) is 12.0 Å². The van der Waals surface area contributed by atoms with E-state index >= 15 is 0 Å². The van der Waals surface area contributed by atoms with E-state index in [1.54, 1.807) is 11.3 Å². The molecule has 1 aromatic rings. The molecule has 2 atom stereocenters. The molecule has 0 saturated carbocycles. The molecule has 0 radical (unpaired) electrons. The first-order valence-corrected chi connectivity index (χ1v) is 9.86. The Labute approximate surface area is 151 Å². The van der Waals surface area contributed by atoms with Gasteiger partial charge in [-0.15, -0.1) is 11.3 Å². The monoisotopic (exact) mass is 402 g/mol. The van der Waals surface area contributed by atoms with Crippen molar-refractivity contribution in [2.24, 2.45) is 5.92 Å². The quantitative estimate of drug-likeness (QED) is 0.797. The van der Waals surface area contributed by atoms with Crippen LogP contribution in [0.25, 0.3) is 0 Å². The van der Waals surface area contributed by atoms with Crippen LogP contribution in [0.2, 0.25) is 0 Å². The molecule has 1 N–H and O–H groups in total. The highest BCUT2D eigenvalue weighted by molar-refractivity contribution is 9.10. The van der Waals surface area contributed by atoms with Gasteiger partial charge in [0.25, 0.3) is 0 Å². The first-order valence-electron chi connectivity index (χ1n) is 8.19. The zero-order valence-electron chi connectivity index (χ0n) is 14.4. The zero-order chi connectivity index (χ0) is 17.0. The molecule has 2 rings (SSSR count). The number of nitrogens with one attached hydrogen (secondary N) is 1. The van der Waals surface area contributed by atoms with Crippen molar-refractivity contribution in [1.82, 2.24) is 10.2 Å². The standard InChI is InChI=1S/C17H27BrN2O2S/c1-12(19-10-15-14(18)7-9-23-15)13-6-5-8-20(11-13)16(21)22-17(2,3)4/h7,9,12-13,19H,5-6,8,10-11H2,1-4H3. The summed E-state index contributed by atoms with van der Waals surface area (Å²) in [6, 6.07) is 2.45. The Morgan fingerprint density at radius 2 is 2.30 bits per heavy atom. The topological polar surface area (TPSA) is 41.6 Å². The van der Waals surface area contributed by atoms with Crippen LogP contribution in [0, 0.1) is 5.92 Å². The van der Waals surface area contributed by atoms with Crippen molar-refractivity contribution < 1.29 is 9.53 Å². The molecule has 1 aliphatic rings. The summed E-state index contributed by atoms with van der Waals surface area (Å²) in [6.07, 6.45) is 2.01. The summed E-state index contributed by atoms with van der Waals surface area (Å²) >= 11 is 5.33. The molecular weight excluding hydrogens is 376 g/mol. The van der Waals surface area contributed by atoms with Gasteiger partial charge < -0.3 is 15.0 Å². The summed E-state index contributed by atoms with van der Waals surface area (Å²) in [4.78, 5) is 15.4. The number of hydrogen-bond acceptors (Lipinski definition) is 4. The number of nitrogens with zero attached hydrogens (tertiary/aromatic N) is 1. The minimum Gasteiger partial charge on any atom is -0.444 e. The molecule has 2 heterocycles. The number of likely N-dealkylation sites (tertiary alicyclic amines) is 1. The Morgan fingerprint density at radius 1 is 1.57 bits per heavy atom. The summed E-state index contributed by atoms with van der Waals surface area (Å²) in [6.45, 7) is 10.4. The van der Waals surface area contributed by atoms with Crippen LogP contribution in [0.4, 0.5) is 4.79 Å². The number of amides is 1. The van der Waals surface area contributed by atoms with Gasteiger partial charge in [0.05, 0.1) is 0 Å². The minimum atomic E-state index is -0.431. The van der Waals surface area contributed by atoms with E-state index in [1.807, 2.05) is 25.7 Å². The predicted octanol–water partition coefficient (Wildman–Crippen LogP) is 4.64. The fourth-order valence-corrected chi connectivity index (χ4v) is 4.23. The molecule has 1 aromatic heterocycles. The predicted molar refractivity (Wildman–Crippen MR) is 98.9 cm³/mol. The van der Waals surface area contributed by atoms with Gasteiger partial charge in [0, 0.05) is 35.0 Å². The molecule has 1 amide bonds.